The molecule has 0 bridgehead atoms. The van der Waals surface area contributed by atoms with E-state index in [1.807, 2.05) is 0 Å². The number of carbonyl (C=O) groups is 1. The average molecular weight is 236 g/mol. The Morgan fingerprint density at radius 3 is 2.53 bits per heavy atom. The van der Waals surface area contributed by atoms with E-state index in [1.165, 1.54) is 36.8 Å². The first-order chi connectivity index (χ1) is 8.07. The Hall–Kier alpha value is -0.590. The van der Waals surface area contributed by atoms with Gasteiger partial charge < -0.3 is 0 Å². The predicted octanol–water partition coefficient (Wildman–Crippen LogP) is 4.91. The lowest BCUT2D eigenvalue weighted by atomic mass is 9.77. The average Bonchev–Trinajstić information content (AvgIpc) is 2.28. The Balaban J connectivity index is 2.72. The minimum Gasteiger partial charge on any atom is -0.295 e. The molecule has 1 rings (SSSR count). The normalized spacial score (nSPS) is 21.5. The fraction of sp³-hybridized carbons (Fsp3) is 0.812. The van der Waals surface area contributed by atoms with Crippen molar-refractivity contribution in [1.29, 1.82) is 0 Å². The van der Waals surface area contributed by atoms with Crippen molar-refractivity contribution in [3.63, 3.8) is 0 Å². The largest absolute Gasteiger partial charge is 0.295 e. The standard InChI is InChI=1S/C16H28O/c1-5-6-7-8-9-14-13(4)10-11-15(17)16(14)12(2)3/h12-13H,5-11H2,1-4H3/t13-/m0/s1. The van der Waals surface area contributed by atoms with Gasteiger partial charge in [-0.25, -0.2) is 0 Å². The Morgan fingerprint density at radius 2 is 1.94 bits per heavy atom. The zero-order chi connectivity index (χ0) is 12.8. The molecule has 0 unspecified atom stereocenters. The van der Waals surface area contributed by atoms with Crippen LogP contribution in [0.2, 0.25) is 0 Å². The second-order valence-corrected chi connectivity index (χ2v) is 5.77. The topological polar surface area (TPSA) is 17.1 Å². The summed E-state index contributed by atoms with van der Waals surface area (Å²) >= 11 is 0. The van der Waals surface area contributed by atoms with Crippen LogP contribution in [0.5, 0.6) is 0 Å². The van der Waals surface area contributed by atoms with Crippen LogP contribution >= 0.6 is 0 Å². The maximum absolute atomic E-state index is 12.0. The summed E-state index contributed by atoms with van der Waals surface area (Å²) in [5, 5.41) is 0. The van der Waals surface area contributed by atoms with Crippen LogP contribution in [0.25, 0.3) is 0 Å². The number of hydrogen-bond donors (Lipinski definition) is 0. The third-order valence-corrected chi connectivity index (χ3v) is 3.92. The molecule has 98 valence electrons. The van der Waals surface area contributed by atoms with E-state index in [2.05, 4.69) is 27.7 Å². The zero-order valence-corrected chi connectivity index (χ0v) is 12.0. The van der Waals surface area contributed by atoms with E-state index in [0.717, 1.165) is 19.3 Å². The highest BCUT2D eigenvalue weighted by Crippen LogP contribution is 2.34. The van der Waals surface area contributed by atoms with Crippen molar-refractivity contribution in [3.05, 3.63) is 11.1 Å². The highest BCUT2D eigenvalue weighted by Gasteiger charge is 2.26. The minimum absolute atomic E-state index is 0.409. The van der Waals surface area contributed by atoms with Crippen molar-refractivity contribution in [3.8, 4) is 0 Å². The monoisotopic (exact) mass is 236 g/mol. The van der Waals surface area contributed by atoms with Crippen LogP contribution in [0.15, 0.2) is 11.1 Å². The quantitative estimate of drug-likeness (QED) is 0.599. The Morgan fingerprint density at radius 1 is 1.24 bits per heavy atom. The van der Waals surface area contributed by atoms with E-state index in [-0.39, 0.29) is 0 Å². The highest BCUT2D eigenvalue weighted by atomic mass is 16.1. The molecule has 0 aromatic heterocycles. The molecule has 1 aliphatic carbocycles. The fourth-order valence-electron chi connectivity index (χ4n) is 2.92. The first kappa shape index (κ1) is 14.5. The molecule has 1 atom stereocenters. The smallest absolute Gasteiger partial charge is 0.159 e. The van der Waals surface area contributed by atoms with Gasteiger partial charge in [-0.3, -0.25) is 4.79 Å². The van der Waals surface area contributed by atoms with Crippen LogP contribution in [0, 0.1) is 11.8 Å². The molecule has 0 saturated carbocycles. The van der Waals surface area contributed by atoms with Gasteiger partial charge in [0.05, 0.1) is 0 Å². The van der Waals surface area contributed by atoms with Gasteiger partial charge in [0.2, 0.25) is 0 Å². The SMILES string of the molecule is CCCCCCC1=C(C(C)C)C(=O)CC[C@@H]1C. The lowest BCUT2D eigenvalue weighted by molar-refractivity contribution is -0.116. The van der Waals surface area contributed by atoms with Crippen LogP contribution in [-0.4, -0.2) is 5.78 Å². The second kappa shape index (κ2) is 6.98. The summed E-state index contributed by atoms with van der Waals surface area (Å²) < 4.78 is 0. The molecule has 0 fully saturated rings. The summed E-state index contributed by atoms with van der Waals surface area (Å²) in [6, 6.07) is 0. The van der Waals surface area contributed by atoms with Crippen LogP contribution in [0.1, 0.15) is 72.6 Å². The minimum atomic E-state index is 0.409. The van der Waals surface area contributed by atoms with Crippen molar-refractivity contribution < 1.29 is 4.79 Å². The van der Waals surface area contributed by atoms with Gasteiger partial charge in [-0.05, 0) is 36.7 Å². The number of unbranched alkanes of at least 4 members (excludes halogenated alkanes) is 3. The molecular formula is C16H28O. The fourth-order valence-corrected chi connectivity index (χ4v) is 2.92. The first-order valence-electron chi connectivity index (χ1n) is 7.34. The Labute approximate surface area is 107 Å². The number of carbonyl (C=O) groups excluding carboxylic acids is 1. The Kier molecular flexibility index (Phi) is 5.94. The van der Waals surface area contributed by atoms with Crippen LogP contribution in [0.4, 0.5) is 0 Å². The lowest BCUT2D eigenvalue weighted by Crippen LogP contribution is -2.21. The van der Waals surface area contributed by atoms with Crippen LogP contribution in [0.3, 0.4) is 0 Å². The molecule has 0 aliphatic heterocycles. The van der Waals surface area contributed by atoms with Gasteiger partial charge >= 0.3 is 0 Å². The van der Waals surface area contributed by atoms with Crippen LogP contribution < -0.4 is 0 Å². The number of allylic oxidation sites excluding steroid dienone is 2. The van der Waals surface area contributed by atoms with Crippen molar-refractivity contribution in [2.24, 2.45) is 11.8 Å². The first-order valence-corrected chi connectivity index (χ1v) is 7.34. The molecule has 0 amide bonds. The summed E-state index contributed by atoms with van der Waals surface area (Å²) in [5.41, 5.74) is 2.65. The number of Topliss-reactive ketones (excluding diaryl/α,β-unsaturated/α-hetero) is 1. The van der Waals surface area contributed by atoms with E-state index in [1.54, 1.807) is 0 Å². The summed E-state index contributed by atoms with van der Waals surface area (Å²) in [6.07, 6.45) is 8.17. The van der Waals surface area contributed by atoms with Crippen molar-refractivity contribution in [1.82, 2.24) is 0 Å². The third-order valence-electron chi connectivity index (χ3n) is 3.92. The van der Waals surface area contributed by atoms with E-state index in [0.29, 0.717) is 17.6 Å². The van der Waals surface area contributed by atoms with Gasteiger partial charge in [0.1, 0.15) is 0 Å². The van der Waals surface area contributed by atoms with Gasteiger partial charge in [0.15, 0.2) is 5.78 Å². The molecule has 1 aliphatic rings. The molecule has 0 heterocycles. The number of ketones is 1. The highest BCUT2D eigenvalue weighted by molar-refractivity contribution is 5.97. The zero-order valence-electron chi connectivity index (χ0n) is 12.0. The summed E-state index contributed by atoms with van der Waals surface area (Å²) in [4.78, 5) is 12.0. The molecule has 1 heteroatoms. The molecule has 0 aromatic carbocycles. The molecule has 0 saturated heterocycles. The van der Waals surface area contributed by atoms with Crippen molar-refractivity contribution in [2.75, 3.05) is 0 Å². The Bertz CT molecular complexity index is 286. The molecule has 0 N–H and O–H groups in total. The van der Waals surface area contributed by atoms with Gasteiger partial charge in [0, 0.05) is 6.42 Å². The molecule has 0 spiro atoms. The number of hydrogen-bond acceptors (Lipinski definition) is 1. The van der Waals surface area contributed by atoms with Crippen LogP contribution in [-0.2, 0) is 4.79 Å². The summed E-state index contributed by atoms with van der Waals surface area (Å²) in [7, 11) is 0. The lowest BCUT2D eigenvalue weighted by Gasteiger charge is -2.27. The molecular weight excluding hydrogens is 208 g/mol. The second-order valence-electron chi connectivity index (χ2n) is 5.77. The van der Waals surface area contributed by atoms with E-state index >= 15 is 0 Å². The van der Waals surface area contributed by atoms with E-state index in [4.69, 9.17) is 0 Å². The van der Waals surface area contributed by atoms with Gasteiger partial charge in [0.25, 0.3) is 0 Å². The van der Waals surface area contributed by atoms with Gasteiger partial charge in [-0.15, -0.1) is 0 Å². The maximum atomic E-state index is 12.0. The molecule has 1 nitrogen and oxygen atoms in total. The van der Waals surface area contributed by atoms with E-state index in [9.17, 15) is 4.79 Å². The predicted molar refractivity (Wildman–Crippen MR) is 74.0 cm³/mol. The summed E-state index contributed by atoms with van der Waals surface area (Å²) in [5.74, 6) is 1.46. The third kappa shape index (κ3) is 3.97. The van der Waals surface area contributed by atoms with Gasteiger partial charge in [-0.2, -0.15) is 0 Å². The van der Waals surface area contributed by atoms with Crippen molar-refractivity contribution in [2.45, 2.75) is 72.6 Å². The van der Waals surface area contributed by atoms with Gasteiger partial charge in [-0.1, -0.05) is 52.5 Å². The number of rotatable bonds is 6. The summed E-state index contributed by atoms with van der Waals surface area (Å²) in [6.45, 7) is 8.87. The van der Waals surface area contributed by atoms with Crippen molar-refractivity contribution >= 4 is 5.78 Å². The van der Waals surface area contributed by atoms with E-state index < -0.39 is 0 Å². The molecule has 0 radical (unpaired) electrons. The molecule has 0 aromatic rings. The molecule has 17 heavy (non-hydrogen) atoms. The maximum Gasteiger partial charge on any atom is 0.159 e.